The van der Waals surface area contributed by atoms with E-state index in [1.54, 1.807) is 0 Å². The van der Waals surface area contributed by atoms with Gasteiger partial charge in [0.05, 0.1) is 11.0 Å². The van der Waals surface area contributed by atoms with Crippen LogP contribution in [-0.2, 0) is 5.41 Å². The molecule has 3 aromatic heterocycles. The van der Waals surface area contributed by atoms with Crippen molar-refractivity contribution >= 4 is 49.3 Å². The maximum atomic E-state index is 6.51. The largest absolute Gasteiger partial charge is 0.456 e. The van der Waals surface area contributed by atoms with E-state index in [-0.39, 0.29) is 5.41 Å². The number of hydrogen-bond donors (Lipinski definition) is 0. The van der Waals surface area contributed by atoms with Crippen LogP contribution in [0.1, 0.15) is 43.4 Å². The molecule has 0 atom stereocenters. The number of rotatable bonds is 5. The highest BCUT2D eigenvalue weighted by molar-refractivity contribution is 6.14. The summed E-state index contributed by atoms with van der Waals surface area (Å²) in [5, 5.41) is 4.49. The van der Waals surface area contributed by atoms with Gasteiger partial charge in [-0.3, -0.25) is 0 Å². The van der Waals surface area contributed by atoms with Crippen LogP contribution < -0.4 is 0 Å². The molecule has 10 aromatic rings. The summed E-state index contributed by atoms with van der Waals surface area (Å²) in [6.45, 7) is 4.62. The Kier molecular flexibility index (Phi) is 7.33. The zero-order valence-corrected chi connectivity index (χ0v) is 32.8. The third-order valence-corrected chi connectivity index (χ3v) is 12.5. The van der Waals surface area contributed by atoms with Crippen molar-refractivity contribution in [2.45, 2.75) is 32.1 Å². The van der Waals surface area contributed by atoms with Crippen molar-refractivity contribution in [1.82, 2.24) is 19.5 Å². The van der Waals surface area contributed by atoms with Crippen LogP contribution in [0.2, 0.25) is 0 Å². The molecule has 2 aliphatic rings. The Hall–Kier alpha value is -7.37. The molecule has 3 heterocycles. The van der Waals surface area contributed by atoms with Crippen molar-refractivity contribution in [1.29, 1.82) is 0 Å². The second-order valence-electron chi connectivity index (χ2n) is 16.3. The Bertz CT molecular complexity index is 3420. The summed E-state index contributed by atoms with van der Waals surface area (Å²) in [7, 11) is 0. The topological polar surface area (TPSA) is 56.7 Å². The molecular weight excluding hydrogens is 721 g/mol. The number of furan rings is 1. The van der Waals surface area contributed by atoms with Gasteiger partial charge in [0, 0.05) is 49.3 Å². The van der Waals surface area contributed by atoms with Crippen LogP contribution in [0.4, 0.5) is 0 Å². The standard InChI is InChI=1S/C54H38N4O/c1-54(2)45-22-11-9-18-38(45)39-27-25-36(30-46(39)54)52-55-51(34-16-7-4-8-17-34)56-53(57-52)43-21-13-20-42-40-19-10-12-23-47(40)58(50(42)43)37-26-29-48-44(32-37)41-28-24-35(31-49(41)59-48)33-14-5-3-6-15-33/h3-5,7-14,16-32H,6,15H2,1-2H3. The highest BCUT2D eigenvalue weighted by Crippen LogP contribution is 2.49. The molecule has 5 nitrogen and oxygen atoms in total. The molecule has 2 aliphatic carbocycles. The first-order chi connectivity index (χ1) is 29.0. The zero-order chi connectivity index (χ0) is 39.2. The number of aromatic nitrogens is 4. The van der Waals surface area contributed by atoms with Crippen molar-refractivity contribution < 1.29 is 4.42 Å². The number of nitrogens with zero attached hydrogens (tertiary/aromatic N) is 4. The van der Waals surface area contributed by atoms with Crippen molar-refractivity contribution in [2.24, 2.45) is 0 Å². The minimum atomic E-state index is -0.152. The predicted octanol–water partition coefficient (Wildman–Crippen LogP) is 13.9. The van der Waals surface area contributed by atoms with E-state index in [4.69, 9.17) is 19.4 Å². The van der Waals surface area contributed by atoms with E-state index < -0.39 is 0 Å². The maximum Gasteiger partial charge on any atom is 0.166 e. The fourth-order valence-corrected chi connectivity index (χ4v) is 9.60. The molecular formula is C54H38N4O. The lowest BCUT2D eigenvalue weighted by Crippen LogP contribution is -2.15. The number of hydrogen-bond acceptors (Lipinski definition) is 4. The average Bonchev–Trinajstić information content (AvgIpc) is 3.91. The normalized spacial score (nSPS) is 14.3. The second-order valence-corrected chi connectivity index (χ2v) is 16.3. The van der Waals surface area contributed by atoms with Gasteiger partial charge in [0.1, 0.15) is 11.2 Å². The van der Waals surface area contributed by atoms with Crippen molar-refractivity contribution in [3.63, 3.8) is 0 Å². The van der Waals surface area contributed by atoms with Crippen LogP contribution in [0.5, 0.6) is 0 Å². The summed E-state index contributed by atoms with van der Waals surface area (Å²) in [6, 6.07) is 54.0. The van der Waals surface area contributed by atoms with Gasteiger partial charge >= 0.3 is 0 Å². The summed E-state index contributed by atoms with van der Waals surface area (Å²) in [6.07, 6.45) is 8.70. The van der Waals surface area contributed by atoms with Gasteiger partial charge in [-0.25, -0.2) is 15.0 Å². The molecule has 0 bridgehead atoms. The molecule has 0 amide bonds. The molecule has 0 N–H and O–H groups in total. The Balaban J connectivity index is 1.07. The number of para-hydroxylation sites is 2. The molecule has 280 valence electrons. The second kappa shape index (κ2) is 12.8. The highest BCUT2D eigenvalue weighted by atomic mass is 16.3. The number of fused-ring (bicyclic) bond motifs is 9. The maximum absolute atomic E-state index is 6.51. The van der Waals surface area contributed by atoms with Crippen LogP contribution in [-0.4, -0.2) is 19.5 Å². The third kappa shape index (κ3) is 5.21. The Morgan fingerprint density at radius 3 is 2.15 bits per heavy atom. The summed E-state index contributed by atoms with van der Waals surface area (Å²) in [5.41, 5.74) is 15.4. The molecule has 12 rings (SSSR count). The first kappa shape index (κ1) is 33.7. The molecule has 0 saturated heterocycles. The average molecular weight is 759 g/mol. The minimum Gasteiger partial charge on any atom is -0.456 e. The zero-order valence-electron chi connectivity index (χ0n) is 32.8. The van der Waals surface area contributed by atoms with E-state index in [0.717, 1.165) is 73.6 Å². The van der Waals surface area contributed by atoms with Crippen LogP contribution >= 0.6 is 0 Å². The number of benzene rings is 7. The van der Waals surface area contributed by atoms with E-state index in [9.17, 15) is 0 Å². The highest BCUT2D eigenvalue weighted by Gasteiger charge is 2.35. The molecule has 0 spiro atoms. The van der Waals surface area contributed by atoms with Gasteiger partial charge in [-0.05, 0) is 94.8 Å². The van der Waals surface area contributed by atoms with Crippen LogP contribution in [0, 0.1) is 0 Å². The lowest BCUT2D eigenvalue weighted by atomic mass is 9.82. The van der Waals surface area contributed by atoms with Crippen molar-refractivity contribution in [3.05, 3.63) is 187 Å². The van der Waals surface area contributed by atoms with Crippen LogP contribution in [0.25, 0.3) is 100 Å². The lowest BCUT2D eigenvalue weighted by Gasteiger charge is -2.21. The molecule has 0 radical (unpaired) electrons. The van der Waals surface area contributed by atoms with Gasteiger partial charge in [-0.2, -0.15) is 0 Å². The fraction of sp³-hybridized carbons (Fsp3) is 0.0926. The van der Waals surface area contributed by atoms with E-state index in [1.165, 1.54) is 38.8 Å². The molecule has 5 heteroatoms. The summed E-state index contributed by atoms with van der Waals surface area (Å²) in [4.78, 5) is 15.8. The molecule has 59 heavy (non-hydrogen) atoms. The first-order valence-corrected chi connectivity index (χ1v) is 20.4. The van der Waals surface area contributed by atoms with E-state index in [2.05, 4.69) is 170 Å². The summed E-state index contributed by atoms with van der Waals surface area (Å²) >= 11 is 0. The van der Waals surface area contributed by atoms with E-state index >= 15 is 0 Å². The molecule has 7 aromatic carbocycles. The Morgan fingerprint density at radius 2 is 1.27 bits per heavy atom. The first-order valence-electron chi connectivity index (χ1n) is 20.4. The third-order valence-electron chi connectivity index (χ3n) is 12.5. The molecule has 0 unspecified atom stereocenters. The van der Waals surface area contributed by atoms with Gasteiger partial charge < -0.3 is 8.98 Å². The summed E-state index contributed by atoms with van der Waals surface area (Å²) in [5.74, 6) is 1.91. The fourth-order valence-electron chi connectivity index (χ4n) is 9.60. The van der Waals surface area contributed by atoms with Gasteiger partial charge in [0.2, 0.25) is 0 Å². The molecule has 0 saturated carbocycles. The van der Waals surface area contributed by atoms with E-state index in [1.807, 2.05) is 18.2 Å². The quantitative estimate of drug-likeness (QED) is 0.175. The smallest absolute Gasteiger partial charge is 0.166 e. The van der Waals surface area contributed by atoms with Crippen molar-refractivity contribution in [3.8, 4) is 51.0 Å². The minimum absolute atomic E-state index is 0.152. The van der Waals surface area contributed by atoms with Crippen LogP contribution in [0.3, 0.4) is 0 Å². The van der Waals surface area contributed by atoms with Gasteiger partial charge in [0.25, 0.3) is 0 Å². The Labute approximate surface area is 341 Å². The lowest BCUT2D eigenvalue weighted by molar-refractivity contribution is 0.660. The summed E-state index contributed by atoms with van der Waals surface area (Å²) < 4.78 is 8.88. The molecule has 0 fully saturated rings. The van der Waals surface area contributed by atoms with Crippen LogP contribution in [0.15, 0.2) is 174 Å². The van der Waals surface area contributed by atoms with E-state index in [0.29, 0.717) is 17.5 Å². The van der Waals surface area contributed by atoms with Gasteiger partial charge in [0.15, 0.2) is 17.5 Å². The molecule has 0 aliphatic heterocycles. The van der Waals surface area contributed by atoms with Crippen molar-refractivity contribution in [2.75, 3.05) is 0 Å². The van der Waals surface area contributed by atoms with Gasteiger partial charge in [-0.15, -0.1) is 0 Å². The SMILES string of the molecule is CC1(C)c2ccccc2-c2ccc(-c3nc(-c4ccccc4)nc(-c4cccc5c6ccccc6n(-c6ccc7oc8cc(C9=CC=CCC9)ccc8c7c6)c45)n3)cc21. The van der Waals surface area contributed by atoms with Gasteiger partial charge in [-0.1, -0.05) is 135 Å². The monoisotopic (exact) mass is 758 g/mol. The predicted molar refractivity (Wildman–Crippen MR) is 242 cm³/mol. The Morgan fingerprint density at radius 1 is 0.525 bits per heavy atom. The number of allylic oxidation sites excluding steroid dienone is 4.